The third kappa shape index (κ3) is 2.34. The van der Waals surface area contributed by atoms with Crippen LogP contribution in [0.15, 0.2) is 49.2 Å². The number of hydrogen-bond acceptors (Lipinski definition) is 6. The van der Waals surface area contributed by atoms with E-state index in [0.717, 1.165) is 22.7 Å². The number of nitrogens with zero attached hydrogens (tertiary/aromatic N) is 5. The second-order valence-corrected chi connectivity index (χ2v) is 5.77. The molecule has 1 aliphatic heterocycles. The quantitative estimate of drug-likeness (QED) is 0.609. The van der Waals surface area contributed by atoms with E-state index in [1.165, 1.54) is 4.20 Å². The van der Waals surface area contributed by atoms with Gasteiger partial charge in [-0.15, -0.1) is 0 Å². The molecule has 0 atom stereocenters. The number of aromatic nitrogens is 5. The predicted molar refractivity (Wildman–Crippen MR) is 91.3 cm³/mol. The van der Waals surface area contributed by atoms with Gasteiger partial charge < -0.3 is 14.8 Å². The van der Waals surface area contributed by atoms with E-state index in [0.29, 0.717) is 17.2 Å². The first-order valence-corrected chi connectivity index (χ1v) is 7.82. The molecular formula is C16H11ClN6O2. The van der Waals surface area contributed by atoms with Crippen molar-refractivity contribution in [1.29, 1.82) is 0 Å². The molecule has 0 saturated heterocycles. The van der Waals surface area contributed by atoms with Gasteiger partial charge in [-0.2, -0.15) is 9.30 Å². The first-order valence-electron chi connectivity index (χ1n) is 7.48. The molecule has 0 unspecified atom stereocenters. The largest absolute Gasteiger partial charge is 0.454 e. The van der Waals surface area contributed by atoms with E-state index in [-0.39, 0.29) is 6.79 Å². The van der Waals surface area contributed by atoms with Crippen LogP contribution in [-0.2, 0) is 0 Å². The predicted octanol–water partition coefficient (Wildman–Crippen LogP) is 3.07. The summed E-state index contributed by atoms with van der Waals surface area (Å²) in [4.78, 5) is 8.87. The topological polar surface area (TPSA) is 78.5 Å². The number of ether oxygens (including phenoxy) is 2. The highest BCUT2D eigenvalue weighted by Gasteiger charge is 2.15. The highest BCUT2D eigenvalue weighted by atomic mass is 35.5. The van der Waals surface area contributed by atoms with E-state index >= 15 is 0 Å². The lowest BCUT2D eigenvalue weighted by Crippen LogP contribution is -1.98. The molecule has 3 aromatic heterocycles. The number of hydrogen-bond donors (Lipinski definition) is 1. The van der Waals surface area contributed by atoms with Crippen molar-refractivity contribution in [2.24, 2.45) is 0 Å². The molecule has 0 bridgehead atoms. The Labute approximate surface area is 146 Å². The molecule has 4 aromatic rings. The van der Waals surface area contributed by atoms with Crippen LogP contribution in [0.2, 0.25) is 0 Å². The monoisotopic (exact) mass is 354 g/mol. The highest BCUT2D eigenvalue weighted by molar-refractivity contribution is 6.14. The molecule has 1 N–H and O–H groups in total. The zero-order chi connectivity index (χ0) is 16.8. The standard InChI is InChI=1S/C16H11ClN6O2/c17-23-8-10(6-20-23)12-7-19-16-15(18-3-4-22(12)16)21-11-1-2-13-14(5-11)25-9-24-13/h1-8H,9H2,(H,18,21). The minimum atomic E-state index is 0.241. The molecule has 0 aliphatic carbocycles. The Morgan fingerprint density at radius 2 is 2.04 bits per heavy atom. The van der Waals surface area contributed by atoms with Crippen molar-refractivity contribution in [3.8, 4) is 22.8 Å². The maximum absolute atomic E-state index is 5.84. The number of rotatable bonds is 3. The lowest BCUT2D eigenvalue weighted by molar-refractivity contribution is 0.174. The van der Waals surface area contributed by atoms with Gasteiger partial charge in [-0.05, 0) is 12.1 Å². The van der Waals surface area contributed by atoms with Crippen LogP contribution in [0.4, 0.5) is 11.5 Å². The summed E-state index contributed by atoms with van der Waals surface area (Å²) in [5.74, 6) is 2.07. The summed E-state index contributed by atoms with van der Waals surface area (Å²) < 4.78 is 13.9. The molecule has 0 spiro atoms. The first-order chi connectivity index (χ1) is 12.3. The Morgan fingerprint density at radius 1 is 1.12 bits per heavy atom. The molecule has 4 heterocycles. The maximum atomic E-state index is 5.84. The van der Waals surface area contributed by atoms with E-state index in [9.17, 15) is 0 Å². The lowest BCUT2D eigenvalue weighted by Gasteiger charge is -2.08. The number of anilines is 2. The van der Waals surface area contributed by atoms with Crippen LogP contribution in [0.25, 0.3) is 16.9 Å². The van der Waals surface area contributed by atoms with Gasteiger partial charge in [-0.3, -0.25) is 4.40 Å². The molecule has 124 valence electrons. The molecule has 0 fully saturated rings. The number of fused-ring (bicyclic) bond motifs is 2. The second kappa shape index (κ2) is 5.38. The van der Waals surface area contributed by atoms with Gasteiger partial charge in [0.05, 0.1) is 24.3 Å². The fourth-order valence-electron chi connectivity index (χ4n) is 2.76. The van der Waals surface area contributed by atoms with E-state index in [4.69, 9.17) is 21.3 Å². The fourth-order valence-corrected chi connectivity index (χ4v) is 2.91. The molecule has 1 aromatic carbocycles. The SMILES string of the molecule is Cln1cc(-c2cnc3c(Nc4ccc5c(c4)OCO5)nccn23)cn1. The van der Waals surface area contributed by atoms with Gasteiger partial charge in [0, 0.05) is 41.5 Å². The minimum absolute atomic E-state index is 0.241. The summed E-state index contributed by atoms with van der Waals surface area (Å²) in [6.45, 7) is 0.241. The van der Waals surface area contributed by atoms with Crippen LogP contribution >= 0.6 is 11.8 Å². The van der Waals surface area contributed by atoms with E-state index < -0.39 is 0 Å². The van der Waals surface area contributed by atoms with Crippen LogP contribution in [-0.4, -0.2) is 30.5 Å². The summed E-state index contributed by atoms with van der Waals surface area (Å²) in [7, 11) is 0. The smallest absolute Gasteiger partial charge is 0.231 e. The average Bonchev–Trinajstić information content (AvgIpc) is 3.33. The van der Waals surface area contributed by atoms with Crippen molar-refractivity contribution in [1.82, 2.24) is 23.7 Å². The van der Waals surface area contributed by atoms with Crippen molar-refractivity contribution < 1.29 is 9.47 Å². The molecule has 0 amide bonds. The van der Waals surface area contributed by atoms with Gasteiger partial charge in [0.15, 0.2) is 23.0 Å². The van der Waals surface area contributed by atoms with E-state index in [1.807, 2.05) is 28.8 Å². The average molecular weight is 355 g/mol. The van der Waals surface area contributed by atoms with Gasteiger partial charge in [0.2, 0.25) is 6.79 Å². The molecule has 5 rings (SSSR count). The van der Waals surface area contributed by atoms with E-state index in [2.05, 4.69) is 20.4 Å². The van der Waals surface area contributed by atoms with Crippen LogP contribution < -0.4 is 14.8 Å². The van der Waals surface area contributed by atoms with Gasteiger partial charge >= 0.3 is 0 Å². The molecule has 9 heteroatoms. The number of nitrogens with one attached hydrogen (secondary N) is 1. The summed E-state index contributed by atoms with van der Waals surface area (Å²) >= 11 is 5.84. The van der Waals surface area contributed by atoms with Crippen molar-refractivity contribution in [2.45, 2.75) is 0 Å². The third-order valence-corrected chi connectivity index (χ3v) is 4.10. The lowest BCUT2D eigenvalue weighted by atomic mass is 10.3. The highest BCUT2D eigenvalue weighted by Crippen LogP contribution is 2.35. The first kappa shape index (κ1) is 14.1. The second-order valence-electron chi connectivity index (χ2n) is 5.42. The van der Waals surface area contributed by atoms with Crippen molar-refractivity contribution in [3.05, 3.63) is 49.2 Å². The van der Waals surface area contributed by atoms with Crippen molar-refractivity contribution in [2.75, 3.05) is 12.1 Å². The van der Waals surface area contributed by atoms with Gasteiger partial charge in [-0.1, -0.05) is 0 Å². The molecule has 1 aliphatic rings. The number of benzene rings is 1. The third-order valence-electron chi connectivity index (χ3n) is 3.91. The maximum Gasteiger partial charge on any atom is 0.231 e. The van der Waals surface area contributed by atoms with Crippen LogP contribution in [0.1, 0.15) is 0 Å². The Hall–Kier alpha value is -3.26. The summed E-state index contributed by atoms with van der Waals surface area (Å²) in [6, 6.07) is 5.63. The summed E-state index contributed by atoms with van der Waals surface area (Å²) in [5.41, 5.74) is 3.27. The summed E-state index contributed by atoms with van der Waals surface area (Å²) in [6.07, 6.45) is 8.71. The van der Waals surface area contributed by atoms with Crippen molar-refractivity contribution in [3.63, 3.8) is 0 Å². The van der Waals surface area contributed by atoms with Gasteiger partial charge in [0.25, 0.3) is 0 Å². The Kier molecular flexibility index (Phi) is 3.04. The zero-order valence-electron chi connectivity index (χ0n) is 12.8. The normalized spacial score (nSPS) is 12.7. The Bertz CT molecular complexity index is 1090. The number of imidazole rings is 1. The van der Waals surface area contributed by atoms with Gasteiger partial charge in [-0.25, -0.2) is 9.97 Å². The van der Waals surface area contributed by atoms with Gasteiger partial charge in [0.1, 0.15) is 0 Å². The Morgan fingerprint density at radius 3 is 2.92 bits per heavy atom. The molecular weight excluding hydrogens is 344 g/mol. The van der Waals surface area contributed by atoms with Crippen LogP contribution in [0, 0.1) is 0 Å². The zero-order valence-corrected chi connectivity index (χ0v) is 13.5. The van der Waals surface area contributed by atoms with Crippen LogP contribution in [0.5, 0.6) is 11.5 Å². The summed E-state index contributed by atoms with van der Waals surface area (Å²) in [5, 5.41) is 7.26. The fraction of sp³-hybridized carbons (Fsp3) is 0.0625. The molecule has 25 heavy (non-hydrogen) atoms. The Balaban J connectivity index is 1.55. The van der Waals surface area contributed by atoms with Crippen molar-refractivity contribution >= 4 is 28.9 Å². The minimum Gasteiger partial charge on any atom is -0.454 e. The number of halogens is 1. The molecule has 0 radical (unpaired) electrons. The van der Waals surface area contributed by atoms with E-state index in [1.54, 1.807) is 24.8 Å². The van der Waals surface area contributed by atoms with Crippen LogP contribution in [0.3, 0.4) is 0 Å². The molecule has 8 nitrogen and oxygen atoms in total. The molecule has 0 saturated carbocycles.